The van der Waals surface area contributed by atoms with Crippen molar-refractivity contribution in [2.45, 2.75) is 91.0 Å². The van der Waals surface area contributed by atoms with E-state index in [1.54, 1.807) is 0 Å². The number of carbonyl (C=O) groups is 1. The molecule has 3 aliphatic carbocycles. The molecule has 9 atom stereocenters. The quantitative estimate of drug-likeness (QED) is 0.434. The smallest absolute Gasteiger partial charge is 0.334 e. The molecular weight excluding hydrogens is 412 g/mol. The summed E-state index contributed by atoms with van der Waals surface area (Å²) in [6.45, 7) is 16.8. The van der Waals surface area contributed by atoms with Gasteiger partial charge in [-0.1, -0.05) is 58.6 Å². The van der Waals surface area contributed by atoms with Crippen molar-refractivity contribution in [3.63, 3.8) is 0 Å². The minimum Gasteiger partial charge on any atom is -0.458 e. The fraction of sp³-hybridized carbons (Fsp3) is 0.690. The van der Waals surface area contributed by atoms with E-state index in [0.29, 0.717) is 29.7 Å². The predicted molar refractivity (Wildman–Crippen MR) is 131 cm³/mol. The van der Waals surface area contributed by atoms with Crippen LogP contribution in [0.3, 0.4) is 0 Å². The standard InChI is InChI=1S/C29H42O4/c1-16(14-26-17(2)18(3)28(32)33-26)23-11-12-24-21(8-7-13-29(23,24)6)9-10-22-15-25(30)20(5)27(31)19(22)4/h9-10,16-17,20,23-27,30-31H,3-4,7-8,11-15H2,1-2,5-6H3/t16-,17+,20+,23-,24+,25-,26+,27-,29-/m1/s1. The molecule has 33 heavy (non-hydrogen) atoms. The molecule has 4 heteroatoms. The number of hydrogen-bond donors (Lipinski definition) is 2. The first kappa shape index (κ1) is 24.5. The number of aliphatic hydroxyl groups excluding tert-OH is 2. The van der Waals surface area contributed by atoms with Gasteiger partial charge in [0.1, 0.15) is 6.10 Å². The van der Waals surface area contributed by atoms with Gasteiger partial charge in [0, 0.05) is 17.4 Å². The van der Waals surface area contributed by atoms with Crippen LogP contribution in [0.15, 0.2) is 47.6 Å². The molecular formula is C29H42O4. The Hall–Kier alpha value is -1.65. The molecule has 1 heterocycles. The fourth-order valence-corrected chi connectivity index (χ4v) is 7.37. The van der Waals surface area contributed by atoms with Crippen LogP contribution in [0.4, 0.5) is 0 Å². The van der Waals surface area contributed by atoms with Gasteiger partial charge in [-0.05, 0) is 79.3 Å². The summed E-state index contributed by atoms with van der Waals surface area (Å²) >= 11 is 0. The second-order valence-corrected chi connectivity index (χ2v) is 11.6. The van der Waals surface area contributed by atoms with Crippen LogP contribution in [0.25, 0.3) is 0 Å². The maximum absolute atomic E-state index is 11.9. The number of carbonyl (C=O) groups excluding carboxylic acids is 1. The summed E-state index contributed by atoms with van der Waals surface area (Å²) in [5.41, 5.74) is 4.13. The molecule has 0 bridgehead atoms. The highest BCUT2D eigenvalue weighted by Gasteiger charge is 2.51. The van der Waals surface area contributed by atoms with Crippen molar-refractivity contribution in [2.24, 2.45) is 35.0 Å². The minimum absolute atomic E-state index is 0.0384. The Morgan fingerprint density at radius 2 is 1.91 bits per heavy atom. The van der Waals surface area contributed by atoms with Crippen molar-refractivity contribution in [3.05, 3.63) is 47.6 Å². The number of fused-ring (bicyclic) bond motifs is 1. The third-order valence-corrected chi connectivity index (χ3v) is 9.76. The summed E-state index contributed by atoms with van der Waals surface area (Å²) in [4.78, 5) is 11.9. The van der Waals surface area contributed by atoms with Gasteiger partial charge in [-0.15, -0.1) is 0 Å². The lowest BCUT2D eigenvalue weighted by Gasteiger charge is -2.44. The number of aliphatic hydroxyl groups is 2. The van der Waals surface area contributed by atoms with Crippen LogP contribution in [0.5, 0.6) is 0 Å². The van der Waals surface area contributed by atoms with Crippen molar-refractivity contribution in [3.8, 4) is 0 Å². The van der Waals surface area contributed by atoms with Crippen molar-refractivity contribution < 1.29 is 19.7 Å². The number of esters is 1. The van der Waals surface area contributed by atoms with E-state index in [2.05, 4.69) is 46.1 Å². The van der Waals surface area contributed by atoms with Gasteiger partial charge in [0.2, 0.25) is 0 Å². The normalized spacial score (nSPS) is 44.9. The number of hydrogen-bond acceptors (Lipinski definition) is 4. The van der Waals surface area contributed by atoms with Gasteiger partial charge in [-0.25, -0.2) is 4.79 Å². The average molecular weight is 455 g/mol. The third-order valence-electron chi connectivity index (χ3n) is 9.76. The molecule has 3 saturated carbocycles. The Morgan fingerprint density at radius 1 is 1.18 bits per heavy atom. The molecule has 1 aliphatic heterocycles. The van der Waals surface area contributed by atoms with Crippen LogP contribution in [0.2, 0.25) is 0 Å². The van der Waals surface area contributed by atoms with Crippen molar-refractivity contribution in [1.82, 2.24) is 0 Å². The SMILES string of the molecule is C=C1C(=CC=C2CCC[C@]3(C)[C@@H]([C@H](C)C[C@@H]4OC(=O)C(=C)[C@@H]4C)CC[C@@H]23)C[C@@H](O)[C@H](C)[C@@H]1O. The Kier molecular flexibility index (Phi) is 6.81. The first-order chi connectivity index (χ1) is 15.5. The number of allylic oxidation sites excluding steroid dienone is 3. The van der Waals surface area contributed by atoms with Crippen molar-refractivity contribution in [2.75, 3.05) is 0 Å². The molecule has 0 unspecified atom stereocenters. The van der Waals surface area contributed by atoms with Gasteiger partial charge in [-0.3, -0.25) is 0 Å². The Labute approximate surface area is 199 Å². The summed E-state index contributed by atoms with van der Waals surface area (Å²) in [7, 11) is 0. The van der Waals surface area contributed by atoms with Crippen LogP contribution in [0, 0.1) is 35.0 Å². The van der Waals surface area contributed by atoms with Gasteiger partial charge in [0.05, 0.1) is 12.2 Å². The molecule has 182 valence electrons. The van der Waals surface area contributed by atoms with Crippen LogP contribution in [-0.4, -0.2) is 34.5 Å². The number of ether oxygens (including phenoxy) is 1. The summed E-state index contributed by atoms with van der Waals surface area (Å²) in [6, 6.07) is 0. The molecule has 4 nitrogen and oxygen atoms in total. The van der Waals surface area contributed by atoms with E-state index in [1.165, 1.54) is 31.3 Å². The van der Waals surface area contributed by atoms with Gasteiger partial charge >= 0.3 is 5.97 Å². The maximum Gasteiger partial charge on any atom is 0.334 e. The zero-order valence-corrected chi connectivity index (χ0v) is 20.8. The van der Waals surface area contributed by atoms with Crippen molar-refractivity contribution in [1.29, 1.82) is 0 Å². The molecule has 0 amide bonds. The third kappa shape index (κ3) is 4.30. The lowest BCUT2D eigenvalue weighted by molar-refractivity contribution is -0.140. The maximum atomic E-state index is 11.9. The minimum atomic E-state index is -0.671. The van der Waals surface area contributed by atoms with Gasteiger partial charge in [0.25, 0.3) is 0 Å². The second kappa shape index (κ2) is 9.19. The summed E-state index contributed by atoms with van der Waals surface area (Å²) in [5, 5.41) is 20.8. The second-order valence-electron chi connectivity index (χ2n) is 11.6. The highest BCUT2D eigenvalue weighted by Crippen LogP contribution is 2.60. The van der Waals surface area contributed by atoms with Crippen LogP contribution < -0.4 is 0 Å². The van der Waals surface area contributed by atoms with Gasteiger partial charge < -0.3 is 14.9 Å². The van der Waals surface area contributed by atoms with Crippen LogP contribution in [-0.2, 0) is 9.53 Å². The molecule has 0 aromatic carbocycles. The molecule has 4 fully saturated rings. The van der Waals surface area contributed by atoms with Gasteiger partial charge in [-0.2, -0.15) is 0 Å². The van der Waals surface area contributed by atoms with E-state index in [4.69, 9.17) is 4.74 Å². The molecule has 4 aliphatic rings. The number of cyclic esters (lactones) is 1. The van der Waals surface area contributed by atoms with E-state index in [1.807, 2.05) is 6.92 Å². The summed E-state index contributed by atoms with van der Waals surface area (Å²) < 4.78 is 5.64. The highest BCUT2D eigenvalue weighted by atomic mass is 16.6. The van der Waals surface area contributed by atoms with E-state index >= 15 is 0 Å². The van der Waals surface area contributed by atoms with Crippen LogP contribution >= 0.6 is 0 Å². The summed E-state index contributed by atoms with van der Waals surface area (Å²) in [5.74, 6) is 1.40. The molecule has 0 aromatic heterocycles. The molecule has 4 rings (SSSR count). The van der Waals surface area contributed by atoms with E-state index in [9.17, 15) is 15.0 Å². The lowest BCUT2D eigenvalue weighted by Crippen LogP contribution is -2.37. The largest absolute Gasteiger partial charge is 0.458 e. The zero-order chi connectivity index (χ0) is 24.1. The van der Waals surface area contributed by atoms with E-state index in [-0.39, 0.29) is 29.3 Å². The average Bonchev–Trinajstić information content (AvgIpc) is 3.25. The molecule has 0 aromatic rings. The summed E-state index contributed by atoms with van der Waals surface area (Å²) in [6.07, 6.45) is 10.6. The topological polar surface area (TPSA) is 66.8 Å². The van der Waals surface area contributed by atoms with E-state index in [0.717, 1.165) is 24.0 Å². The fourth-order valence-electron chi connectivity index (χ4n) is 7.37. The Morgan fingerprint density at radius 3 is 2.58 bits per heavy atom. The van der Waals surface area contributed by atoms with Crippen LogP contribution in [0.1, 0.15) is 72.6 Å². The predicted octanol–water partition coefficient (Wildman–Crippen LogP) is 5.52. The number of rotatable bonds is 4. The lowest BCUT2D eigenvalue weighted by atomic mass is 9.60. The first-order valence-electron chi connectivity index (χ1n) is 12.9. The Bertz CT molecular complexity index is 882. The molecule has 0 spiro atoms. The molecule has 2 N–H and O–H groups in total. The zero-order valence-electron chi connectivity index (χ0n) is 20.8. The van der Waals surface area contributed by atoms with Crippen molar-refractivity contribution >= 4 is 5.97 Å². The Balaban J connectivity index is 1.49. The molecule has 1 saturated heterocycles. The van der Waals surface area contributed by atoms with E-state index < -0.39 is 12.2 Å². The molecule has 0 radical (unpaired) electrons. The van der Waals surface area contributed by atoms with Gasteiger partial charge in [0.15, 0.2) is 0 Å². The first-order valence-corrected chi connectivity index (χ1v) is 12.9. The highest BCUT2D eigenvalue weighted by molar-refractivity contribution is 5.90. The monoisotopic (exact) mass is 454 g/mol.